The van der Waals surface area contributed by atoms with Crippen LogP contribution in [0.3, 0.4) is 0 Å². The van der Waals surface area contributed by atoms with Gasteiger partial charge in [-0.25, -0.2) is 4.98 Å². The summed E-state index contributed by atoms with van der Waals surface area (Å²) in [6.45, 7) is 6.86. The Morgan fingerprint density at radius 1 is 1.42 bits per heavy atom. The van der Waals surface area contributed by atoms with E-state index < -0.39 is 0 Å². The number of nitrogen functional groups attached to an aromatic ring is 1. The Labute approximate surface area is 121 Å². The van der Waals surface area contributed by atoms with Crippen molar-refractivity contribution in [3.8, 4) is 5.75 Å². The van der Waals surface area contributed by atoms with Crippen LogP contribution >= 0.6 is 22.9 Å². The molecule has 3 N–H and O–H groups in total. The topological polar surface area (TPSA) is 73.1 Å². The molecule has 2 aromatic heterocycles. The highest BCUT2D eigenvalue weighted by Gasteiger charge is 2.16. The molecule has 0 spiro atoms. The number of nitrogens with zero attached hydrogens (tertiary/aromatic N) is 2. The summed E-state index contributed by atoms with van der Waals surface area (Å²) in [4.78, 5) is 4.31. The summed E-state index contributed by atoms with van der Waals surface area (Å²) < 4.78 is 9.82. The molecule has 1 unspecified atom stereocenters. The summed E-state index contributed by atoms with van der Waals surface area (Å²) in [5.41, 5.74) is 5.81. The average molecular weight is 298 g/mol. The second kappa shape index (κ2) is 6.21. The zero-order valence-electron chi connectivity index (χ0n) is 11.2. The maximum absolute atomic E-state index is 5.81. The summed E-state index contributed by atoms with van der Waals surface area (Å²) in [5, 5.41) is 7.34. The lowest BCUT2D eigenvalue weighted by atomic mass is 10.2. The van der Waals surface area contributed by atoms with Gasteiger partial charge in [-0.05, 0) is 25.4 Å². The predicted molar refractivity (Wildman–Crippen MR) is 81.3 cm³/mol. The molecular formula is C12H18N4OS2. The lowest BCUT2D eigenvalue weighted by molar-refractivity contribution is 0.245. The number of rotatable bonds is 6. The molecule has 2 aromatic rings. The number of hydrogen-bond acceptors (Lipinski definition) is 7. The first-order chi connectivity index (χ1) is 9.08. The lowest BCUT2D eigenvalue weighted by Crippen LogP contribution is -2.12. The summed E-state index contributed by atoms with van der Waals surface area (Å²) in [5.74, 6) is 1.45. The number of anilines is 2. The van der Waals surface area contributed by atoms with Gasteiger partial charge in [0.25, 0.3) is 0 Å². The van der Waals surface area contributed by atoms with Crippen molar-refractivity contribution in [2.45, 2.75) is 32.8 Å². The Kier molecular flexibility index (Phi) is 4.60. The van der Waals surface area contributed by atoms with Crippen LogP contribution in [-0.2, 0) is 0 Å². The van der Waals surface area contributed by atoms with Crippen LogP contribution in [-0.4, -0.2) is 22.0 Å². The second-order valence-electron chi connectivity index (χ2n) is 4.54. The fraction of sp³-hybridized carbons (Fsp3) is 0.500. The highest BCUT2D eigenvalue weighted by molar-refractivity contribution is 7.11. The third-order valence-electron chi connectivity index (χ3n) is 2.47. The van der Waals surface area contributed by atoms with Gasteiger partial charge >= 0.3 is 0 Å². The average Bonchev–Trinajstić information content (AvgIpc) is 2.98. The van der Waals surface area contributed by atoms with Crippen molar-refractivity contribution < 1.29 is 4.74 Å². The number of nitrogens with two attached hydrogens (primary N) is 1. The number of thiazole rings is 1. The summed E-state index contributed by atoms with van der Waals surface area (Å²) in [7, 11) is 0. The van der Waals surface area contributed by atoms with Crippen molar-refractivity contribution in [2.24, 2.45) is 0 Å². The Bertz CT molecular complexity index is 510. The first-order valence-electron chi connectivity index (χ1n) is 6.13. The molecule has 2 rings (SSSR count). The molecule has 0 saturated carbocycles. The van der Waals surface area contributed by atoms with Crippen molar-refractivity contribution in [1.29, 1.82) is 0 Å². The van der Waals surface area contributed by atoms with Crippen LogP contribution in [0, 0.1) is 0 Å². The predicted octanol–water partition coefficient (Wildman–Crippen LogP) is 3.18. The van der Waals surface area contributed by atoms with Crippen molar-refractivity contribution in [2.75, 3.05) is 17.6 Å². The molecule has 104 valence electrons. The standard InChI is InChI=1S/C12H18N4OS2/c1-7(2)17-9-10(13)16-19-12(9)15-6-8(3)11-14-4-5-18-11/h4-5,7-8,15H,6H2,1-3H3,(H2,13,16). The summed E-state index contributed by atoms with van der Waals surface area (Å²) in [6, 6.07) is 0. The van der Waals surface area contributed by atoms with Crippen molar-refractivity contribution in [3.05, 3.63) is 16.6 Å². The zero-order chi connectivity index (χ0) is 13.8. The maximum atomic E-state index is 5.81. The van der Waals surface area contributed by atoms with E-state index in [4.69, 9.17) is 10.5 Å². The van der Waals surface area contributed by atoms with Crippen LogP contribution < -0.4 is 15.8 Å². The van der Waals surface area contributed by atoms with Crippen LogP contribution in [0.5, 0.6) is 5.75 Å². The first-order valence-corrected chi connectivity index (χ1v) is 7.78. The van der Waals surface area contributed by atoms with E-state index in [-0.39, 0.29) is 6.10 Å². The molecule has 0 bridgehead atoms. The molecule has 0 aliphatic carbocycles. The molecule has 7 heteroatoms. The molecule has 0 aliphatic heterocycles. The molecule has 2 heterocycles. The highest BCUT2D eigenvalue weighted by atomic mass is 32.1. The minimum atomic E-state index is 0.0793. The number of ether oxygens (including phenoxy) is 1. The monoisotopic (exact) mass is 298 g/mol. The van der Waals surface area contributed by atoms with Gasteiger partial charge in [-0.3, -0.25) is 0 Å². The van der Waals surface area contributed by atoms with E-state index >= 15 is 0 Å². The van der Waals surface area contributed by atoms with Gasteiger partial charge < -0.3 is 15.8 Å². The molecule has 1 atom stereocenters. The molecule has 0 aromatic carbocycles. The van der Waals surface area contributed by atoms with Gasteiger partial charge in [0.1, 0.15) is 0 Å². The van der Waals surface area contributed by atoms with Gasteiger partial charge in [0, 0.05) is 24.0 Å². The summed E-state index contributed by atoms with van der Waals surface area (Å²) >= 11 is 3.00. The van der Waals surface area contributed by atoms with Crippen LogP contribution in [0.15, 0.2) is 11.6 Å². The molecule has 0 amide bonds. The Balaban J connectivity index is 1.99. The molecule has 5 nitrogen and oxygen atoms in total. The first kappa shape index (κ1) is 14.1. The molecule has 0 aliphatic rings. The van der Waals surface area contributed by atoms with E-state index in [0.717, 1.165) is 16.6 Å². The molecule has 0 radical (unpaired) electrons. The van der Waals surface area contributed by atoms with E-state index in [1.165, 1.54) is 11.5 Å². The second-order valence-corrected chi connectivity index (χ2v) is 6.24. The van der Waals surface area contributed by atoms with E-state index in [2.05, 4.69) is 21.6 Å². The van der Waals surface area contributed by atoms with Crippen LogP contribution in [0.25, 0.3) is 0 Å². The SMILES string of the molecule is CC(C)Oc1c(N)nsc1NCC(C)c1nccs1. The smallest absolute Gasteiger partial charge is 0.197 e. The molecular weight excluding hydrogens is 280 g/mol. The lowest BCUT2D eigenvalue weighted by Gasteiger charge is -2.13. The van der Waals surface area contributed by atoms with E-state index in [0.29, 0.717) is 17.5 Å². The number of nitrogens with one attached hydrogen (secondary N) is 1. The van der Waals surface area contributed by atoms with Crippen LogP contribution in [0.1, 0.15) is 31.7 Å². The van der Waals surface area contributed by atoms with E-state index in [9.17, 15) is 0 Å². The van der Waals surface area contributed by atoms with Gasteiger partial charge in [0.15, 0.2) is 16.6 Å². The number of aromatic nitrogens is 2. The van der Waals surface area contributed by atoms with Crippen molar-refractivity contribution in [3.63, 3.8) is 0 Å². The zero-order valence-corrected chi connectivity index (χ0v) is 12.8. The fourth-order valence-corrected chi connectivity index (χ4v) is 2.92. The van der Waals surface area contributed by atoms with Gasteiger partial charge in [0.05, 0.1) is 11.1 Å². The Hall–Kier alpha value is -1.34. The molecule has 19 heavy (non-hydrogen) atoms. The molecule has 0 fully saturated rings. The molecule has 0 saturated heterocycles. The quantitative estimate of drug-likeness (QED) is 0.857. The minimum absolute atomic E-state index is 0.0793. The van der Waals surface area contributed by atoms with Gasteiger partial charge in [-0.2, -0.15) is 4.37 Å². The van der Waals surface area contributed by atoms with Gasteiger partial charge in [-0.1, -0.05) is 6.92 Å². The fourth-order valence-electron chi connectivity index (χ4n) is 1.57. The minimum Gasteiger partial charge on any atom is -0.484 e. The van der Waals surface area contributed by atoms with E-state index in [1.54, 1.807) is 11.3 Å². The normalized spacial score (nSPS) is 12.6. The summed E-state index contributed by atoms with van der Waals surface area (Å²) in [6.07, 6.45) is 1.91. The Morgan fingerprint density at radius 2 is 2.21 bits per heavy atom. The van der Waals surface area contributed by atoms with Crippen molar-refractivity contribution in [1.82, 2.24) is 9.36 Å². The van der Waals surface area contributed by atoms with E-state index in [1.807, 2.05) is 25.4 Å². The highest BCUT2D eigenvalue weighted by Crippen LogP contribution is 2.36. The Morgan fingerprint density at radius 3 is 2.84 bits per heavy atom. The maximum Gasteiger partial charge on any atom is 0.197 e. The third-order valence-corrected chi connectivity index (χ3v) is 4.28. The van der Waals surface area contributed by atoms with Gasteiger partial charge in [0.2, 0.25) is 0 Å². The third kappa shape index (κ3) is 3.57. The largest absolute Gasteiger partial charge is 0.484 e. The van der Waals surface area contributed by atoms with Gasteiger partial charge in [-0.15, -0.1) is 11.3 Å². The number of hydrogen-bond donors (Lipinski definition) is 2. The van der Waals surface area contributed by atoms with Crippen LogP contribution in [0.4, 0.5) is 10.8 Å². The van der Waals surface area contributed by atoms with Crippen molar-refractivity contribution >= 4 is 33.7 Å². The van der Waals surface area contributed by atoms with Crippen LogP contribution in [0.2, 0.25) is 0 Å².